The van der Waals surface area contributed by atoms with Crippen molar-refractivity contribution in [1.29, 1.82) is 0 Å². The summed E-state index contributed by atoms with van der Waals surface area (Å²) in [4.78, 5) is 11.6. The third-order valence-electron chi connectivity index (χ3n) is 8.83. The van der Waals surface area contributed by atoms with Crippen molar-refractivity contribution in [1.82, 2.24) is 0 Å². The standard InChI is InChI=1S/C42H41N7O12S2/c1-26-20-38(27(2)19-37(26)47-46-31-5-12-34(13-6-31)56-24-44-30-7-14-35(15-8-30)62-60-58-53)48-49-41-39(63-61-59-54)22-28-21-32(9-16-36(28)42(41)52)45-25-57-33-10-3-29(4-11-33)43-23-55-18-17-40(50)51/h3-16,19-22,43-45,52-54H,17-18,23-25H2,1-2H3,(H,50,51). The quantitative estimate of drug-likeness (QED) is 0.00745. The van der Waals surface area contributed by atoms with E-state index in [4.69, 9.17) is 34.2 Å². The number of carboxylic acid groups (broad SMARTS) is 1. The van der Waals surface area contributed by atoms with Crippen LogP contribution in [0.3, 0.4) is 0 Å². The van der Waals surface area contributed by atoms with Crippen LogP contribution in [-0.2, 0) is 28.3 Å². The molecule has 0 amide bonds. The molecule has 0 aromatic heterocycles. The highest BCUT2D eigenvalue weighted by Crippen LogP contribution is 2.45. The molecule has 0 heterocycles. The number of nitrogens with zero attached hydrogens (tertiary/aromatic N) is 4. The van der Waals surface area contributed by atoms with Crippen LogP contribution in [0.25, 0.3) is 10.8 Å². The molecule has 0 atom stereocenters. The summed E-state index contributed by atoms with van der Waals surface area (Å²) in [5, 5.41) is 72.9. The Morgan fingerprint density at radius 1 is 0.635 bits per heavy atom. The van der Waals surface area contributed by atoms with Crippen LogP contribution in [0.4, 0.5) is 39.8 Å². The first-order chi connectivity index (χ1) is 30.7. The minimum absolute atomic E-state index is 0.0645. The first-order valence-electron chi connectivity index (χ1n) is 18.8. The largest absolute Gasteiger partial charge is 0.505 e. The number of phenolic OH excluding ortho intramolecular Hbond substituents is 1. The van der Waals surface area contributed by atoms with Crippen molar-refractivity contribution in [3.63, 3.8) is 0 Å². The molecule has 7 N–H and O–H groups in total. The molecule has 6 aromatic rings. The number of aliphatic carboxylic acids is 1. The summed E-state index contributed by atoms with van der Waals surface area (Å²) in [6, 6.07) is 32.3. The van der Waals surface area contributed by atoms with E-state index in [0.717, 1.165) is 39.4 Å². The van der Waals surface area contributed by atoms with Crippen molar-refractivity contribution in [2.24, 2.45) is 20.5 Å². The molecule has 0 spiro atoms. The summed E-state index contributed by atoms with van der Waals surface area (Å²) >= 11 is 1.52. The smallest absolute Gasteiger partial charge is 0.305 e. The lowest BCUT2D eigenvalue weighted by Gasteiger charge is -2.13. The van der Waals surface area contributed by atoms with E-state index >= 15 is 0 Å². The van der Waals surface area contributed by atoms with Crippen molar-refractivity contribution in [2.75, 3.05) is 42.7 Å². The second-order valence-corrected chi connectivity index (χ2v) is 14.6. The number of hydrogen-bond donors (Lipinski definition) is 7. The van der Waals surface area contributed by atoms with Crippen LogP contribution in [-0.4, -0.2) is 53.5 Å². The van der Waals surface area contributed by atoms with Crippen LogP contribution >= 0.6 is 24.1 Å². The average molecular weight is 900 g/mol. The fourth-order valence-electron chi connectivity index (χ4n) is 5.62. The molecule has 0 saturated heterocycles. The van der Waals surface area contributed by atoms with Gasteiger partial charge in [-0.25, -0.2) is 10.5 Å². The van der Waals surface area contributed by atoms with Crippen molar-refractivity contribution in [3.8, 4) is 17.2 Å². The molecule has 0 radical (unpaired) electrons. The van der Waals surface area contributed by atoms with Crippen LogP contribution in [0, 0.1) is 13.8 Å². The van der Waals surface area contributed by atoms with Crippen molar-refractivity contribution in [2.45, 2.75) is 30.1 Å². The Hall–Kier alpha value is -6.53. The van der Waals surface area contributed by atoms with Gasteiger partial charge in [-0.15, -0.1) is 13.8 Å². The van der Waals surface area contributed by atoms with Gasteiger partial charge in [-0.05, 0) is 140 Å². The molecule has 0 aliphatic rings. The first kappa shape index (κ1) is 46.0. The Labute approximate surface area is 368 Å². The SMILES string of the molecule is Cc1cc(N=Nc2c(SOOO)cc3cc(NCOc4ccc(NCOCCC(=O)O)cc4)ccc3c2O)c(C)cc1N=Nc1ccc(OCNc2ccc(SOOO)cc2)cc1. The van der Waals surface area contributed by atoms with E-state index in [1.807, 2.05) is 50.2 Å². The molecular weight excluding hydrogens is 859 g/mol. The second kappa shape index (κ2) is 23.6. The number of carbonyl (C=O) groups is 1. The maximum Gasteiger partial charge on any atom is 0.305 e. The minimum atomic E-state index is -0.916. The number of hydrogen-bond acceptors (Lipinski definition) is 20. The van der Waals surface area contributed by atoms with Gasteiger partial charge in [0.25, 0.3) is 0 Å². The summed E-state index contributed by atoms with van der Waals surface area (Å²) in [5.41, 5.74) is 5.73. The lowest BCUT2D eigenvalue weighted by molar-refractivity contribution is -0.432. The first-order valence-corrected chi connectivity index (χ1v) is 20.3. The molecule has 0 unspecified atom stereocenters. The van der Waals surface area contributed by atoms with Crippen LogP contribution in [0.5, 0.6) is 17.2 Å². The lowest BCUT2D eigenvalue weighted by Crippen LogP contribution is -2.10. The number of aromatic hydroxyl groups is 1. The molecule has 0 aliphatic carbocycles. The number of azo groups is 2. The highest BCUT2D eigenvalue weighted by Gasteiger charge is 2.16. The number of fused-ring (bicyclic) bond motifs is 1. The van der Waals surface area contributed by atoms with E-state index in [9.17, 15) is 9.90 Å². The maximum absolute atomic E-state index is 11.4. The zero-order valence-corrected chi connectivity index (χ0v) is 35.2. The van der Waals surface area contributed by atoms with Crippen molar-refractivity contribution >= 4 is 80.6 Å². The molecule has 0 fully saturated rings. The number of benzene rings is 6. The summed E-state index contributed by atoms with van der Waals surface area (Å²) in [6.07, 6.45) is -0.0645. The van der Waals surface area contributed by atoms with Crippen molar-refractivity contribution < 1.29 is 58.5 Å². The van der Waals surface area contributed by atoms with E-state index in [2.05, 4.69) is 50.8 Å². The van der Waals surface area contributed by atoms with Crippen LogP contribution in [0.15, 0.2) is 139 Å². The van der Waals surface area contributed by atoms with E-state index in [0.29, 0.717) is 62.0 Å². The van der Waals surface area contributed by atoms with E-state index in [-0.39, 0.29) is 44.7 Å². The van der Waals surface area contributed by atoms with Gasteiger partial charge in [-0.3, -0.25) is 4.79 Å². The third-order valence-corrected chi connectivity index (χ3v) is 10.0. The number of carboxylic acids is 1. The summed E-state index contributed by atoms with van der Waals surface area (Å²) in [7, 11) is 0. The van der Waals surface area contributed by atoms with Gasteiger partial charge < -0.3 is 40.4 Å². The lowest BCUT2D eigenvalue weighted by atomic mass is 10.1. The second-order valence-electron chi connectivity index (χ2n) is 13.1. The topological polar surface area (TPSA) is 248 Å². The number of ether oxygens (including phenoxy) is 3. The van der Waals surface area contributed by atoms with E-state index < -0.39 is 5.97 Å². The normalized spacial score (nSPS) is 11.4. The van der Waals surface area contributed by atoms with E-state index in [1.54, 1.807) is 72.8 Å². The third kappa shape index (κ3) is 14.0. The van der Waals surface area contributed by atoms with Crippen LogP contribution in [0.1, 0.15) is 17.5 Å². The average Bonchev–Trinajstić information content (AvgIpc) is 3.29. The Kier molecular flexibility index (Phi) is 17.2. The zero-order valence-electron chi connectivity index (χ0n) is 33.6. The molecule has 19 nitrogen and oxygen atoms in total. The van der Waals surface area contributed by atoms with Gasteiger partial charge in [0.05, 0.1) is 59.1 Å². The summed E-state index contributed by atoms with van der Waals surface area (Å²) in [6.45, 7) is 4.38. The van der Waals surface area contributed by atoms with Crippen LogP contribution < -0.4 is 25.4 Å². The van der Waals surface area contributed by atoms with Gasteiger partial charge in [-0.1, -0.05) is 10.1 Å². The molecule has 0 saturated carbocycles. The van der Waals surface area contributed by atoms with Gasteiger partial charge in [-0.2, -0.15) is 15.3 Å². The van der Waals surface area contributed by atoms with Crippen molar-refractivity contribution in [3.05, 3.63) is 120 Å². The number of nitrogens with one attached hydrogen (secondary N) is 3. The number of anilines is 3. The molecule has 63 heavy (non-hydrogen) atoms. The fourth-order valence-corrected chi connectivity index (χ4v) is 6.47. The Morgan fingerprint density at radius 3 is 1.83 bits per heavy atom. The highest BCUT2D eigenvalue weighted by molar-refractivity contribution is 7.94. The zero-order chi connectivity index (χ0) is 44.4. The maximum atomic E-state index is 11.4. The predicted octanol–water partition coefficient (Wildman–Crippen LogP) is 11.6. The van der Waals surface area contributed by atoms with E-state index in [1.165, 1.54) is 0 Å². The predicted molar refractivity (Wildman–Crippen MR) is 235 cm³/mol. The van der Waals surface area contributed by atoms with Gasteiger partial charge in [0, 0.05) is 27.3 Å². The Bertz CT molecular complexity index is 2500. The highest BCUT2D eigenvalue weighted by atomic mass is 32.2. The Balaban J connectivity index is 1.05. The molecule has 6 rings (SSSR count). The summed E-state index contributed by atoms with van der Waals surface area (Å²) < 4.78 is 26.0. The van der Waals surface area contributed by atoms with Gasteiger partial charge in [0.15, 0.2) is 19.2 Å². The van der Waals surface area contributed by atoms with Gasteiger partial charge in [0.2, 0.25) is 0 Å². The van der Waals surface area contributed by atoms with Gasteiger partial charge in [0.1, 0.15) is 23.9 Å². The van der Waals surface area contributed by atoms with Crippen LogP contribution in [0.2, 0.25) is 0 Å². The molecule has 0 bridgehead atoms. The van der Waals surface area contributed by atoms with Gasteiger partial charge >= 0.3 is 5.97 Å². The minimum Gasteiger partial charge on any atom is -0.505 e. The number of rotatable bonds is 24. The summed E-state index contributed by atoms with van der Waals surface area (Å²) in [5.74, 6) is 0.168. The fraction of sp³-hybridized carbons (Fsp3) is 0.167. The molecule has 21 heteroatoms. The molecule has 6 aromatic carbocycles. The molecule has 0 aliphatic heterocycles. The monoisotopic (exact) mass is 899 g/mol. The Morgan fingerprint density at radius 2 is 1.19 bits per heavy atom. The number of phenols is 1. The molecular formula is C42H41N7O12S2. The number of aryl methyl sites for hydroxylation is 2. The molecule has 328 valence electrons.